The Balaban J connectivity index is 4.17. The number of esters is 3. The van der Waals surface area contributed by atoms with Gasteiger partial charge in [-0.15, -0.1) is 0 Å². The molecule has 0 N–H and O–H groups in total. The number of carbonyl (C=O) groups is 3. The third kappa shape index (κ3) is 45.9. The molecule has 0 aliphatic rings. The van der Waals surface area contributed by atoms with Crippen molar-refractivity contribution in [3.8, 4) is 0 Å². The summed E-state index contributed by atoms with van der Waals surface area (Å²) in [7, 11) is 0. The summed E-state index contributed by atoms with van der Waals surface area (Å²) < 4.78 is 16.8. The number of hydrogen-bond donors (Lipinski definition) is 0. The highest BCUT2D eigenvalue weighted by molar-refractivity contribution is 5.71. The van der Waals surface area contributed by atoms with E-state index in [9.17, 15) is 14.4 Å². The fourth-order valence-corrected chi connectivity index (χ4v) is 8.08. The first-order chi connectivity index (χ1) is 29.1. The van der Waals surface area contributed by atoms with E-state index in [4.69, 9.17) is 14.2 Å². The number of unbranched alkanes of at least 4 members (excludes halogenated alkanes) is 29. The zero-order valence-electron chi connectivity index (χ0n) is 41.3. The maximum absolute atomic E-state index is 12.7. The molecule has 0 heterocycles. The summed E-state index contributed by atoms with van der Waals surface area (Å²) in [6.45, 7) is 13.7. The predicted octanol–water partition coefficient (Wildman–Crippen LogP) is 17.2. The van der Waals surface area contributed by atoms with E-state index < -0.39 is 6.10 Å². The lowest BCUT2D eigenvalue weighted by Gasteiger charge is -2.18. The van der Waals surface area contributed by atoms with Crippen LogP contribution in [0.2, 0.25) is 0 Å². The van der Waals surface area contributed by atoms with Crippen LogP contribution < -0.4 is 0 Å². The zero-order chi connectivity index (χ0) is 44.2. The predicted molar refractivity (Wildman–Crippen MR) is 256 cm³/mol. The van der Waals surface area contributed by atoms with Crippen LogP contribution in [0.25, 0.3) is 0 Å². The minimum atomic E-state index is -0.763. The second kappa shape index (κ2) is 45.4. The van der Waals surface area contributed by atoms with Crippen molar-refractivity contribution >= 4 is 17.9 Å². The van der Waals surface area contributed by atoms with Crippen LogP contribution in [0.3, 0.4) is 0 Å². The second-order valence-electron chi connectivity index (χ2n) is 19.7. The maximum Gasteiger partial charge on any atom is 0.306 e. The highest BCUT2D eigenvalue weighted by Crippen LogP contribution is 2.18. The quantitative estimate of drug-likeness (QED) is 0.0345. The molecule has 6 heteroatoms. The SMILES string of the molecule is CCC(C)CCCCCCCCCCC(=O)OC[C@@H](COC(=O)CCCCCCCCCCCCCCCCCCCCC(C)C)OC(=O)CCCCCCCCC(C)C. The molecule has 0 aromatic carbocycles. The van der Waals surface area contributed by atoms with Crippen molar-refractivity contribution in [3.63, 3.8) is 0 Å². The smallest absolute Gasteiger partial charge is 0.306 e. The molecule has 0 aliphatic carbocycles. The highest BCUT2D eigenvalue weighted by atomic mass is 16.6. The van der Waals surface area contributed by atoms with Crippen LogP contribution in [0.15, 0.2) is 0 Å². The second-order valence-corrected chi connectivity index (χ2v) is 19.7. The minimum absolute atomic E-state index is 0.0657. The molecular weight excluding hydrogens is 745 g/mol. The molecule has 0 bridgehead atoms. The van der Waals surface area contributed by atoms with Gasteiger partial charge >= 0.3 is 17.9 Å². The summed E-state index contributed by atoms with van der Waals surface area (Å²) >= 11 is 0. The van der Waals surface area contributed by atoms with Crippen molar-refractivity contribution in [1.29, 1.82) is 0 Å². The van der Waals surface area contributed by atoms with Gasteiger partial charge in [-0.05, 0) is 37.0 Å². The molecule has 0 amide bonds. The summed E-state index contributed by atoms with van der Waals surface area (Å²) in [6.07, 6.45) is 45.4. The number of hydrogen-bond acceptors (Lipinski definition) is 6. The fraction of sp³-hybridized carbons (Fsp3) is 0.944. The first kappa shape index (κ1) is 58.4. The van der Waals surface area contributed by atoms with Crippen LogP contribution >= 0.6 is 0 Å². The third-order valence-corrected chi connectivity index (χ3v) is 12.5. The monoisotopic (exact) mass is 849 g/mol. The van der Waals surface area contributed by atoms with Gasteiger partial charge in [0.15, 0.2) is 6.10 Å². The average Bonchev–Trinajstić information content (AvgIpc) is 3.22. The molecule has 60 heavy (non-hydrogen) atoms. The standard InChI is InChI=1S/C54H104O6/c1-7-50(6)42-36-30-23-20-21-25-32-38-44-53(56)59-47-51(60-54(57)45-39-33-27-26-29-35-41-49(4)5)46-58-52(55)43-37-31-24-19-17-15-13-11-9-8-10-12-14-16-18-22-28-34-40-48(2)3/h48-51H,7-47H2,1-6H3/t50?,51-/m1/s1. The maximum atomic E-state index is 12.7. The van der Waals surface area contributed by atoms with Gasteiger partial charge in [-0.2, -0.15) is 0 Å². The first-order valence-electron chi connectivity index (χ1n) is 26.6. The normalized spacial score (nSPS) is 12.6. The molecule has 0 aromatic rings. The topological polar surface area (TPSA) is 78.9 Å². The van der Waals surface area contributed by atoms with E-state index in [-0.39, 0.29) is 31.1 Å². The first-order valence-corrected chi connectivity index (χ1v) is 26.6. The van der Waals surface area contributed by atoms with Gasteiger partial charge in [0.25, 0.3) is 0 Å². The summed E-state index contributed by atoms with van der Waals surface area (Å²) in [5.74, 6) is 1.61. The van der Waals surface area contributed by atoms with Gasteiger partial charge in [-0.3, -0.25) is 14.4 Å². The Morgan fingerprint density at radius 2 is 0.583 bits per heavy atom. The largest absolute Gasteiger partial charge is 0.462 e. The van der Waals surface area contributed by atoms with Crippen LogP contribution in [0.4, 0.5) is 0 Å². The van der Waals surface area contributed by atoms with Crippen molar-refractivity contribution in [2.24, 2.45) is 17.8 Å². The molecule has 1 unspecified atom stereocenters. The fourth-order valence-electron chi connectivity index (χ4n) is 8.08. The molecule has 0 fully saturated rings. The molecule has 0 saturated carbocycles. The Morgan fingerprint density at radius 3 is 0.867 bits per heavy atom. The van der Waals surface area contributed by atoms with Crippen molar-refractivity contribution in [3.05, 3.63) is 0 Å². The number of rotatable bonds is 47. The summed E-state index contributed by atoms with van der Waals surface area (Å²) in [6, 6.07) is 0. The highest BCUT2D eigenvalue weighted by Gasteiger charge is 2.19. The molecule has 6 nitrogen and oxygen atoms in total. The summed E-state index contributed by atoms with van der Waals surface area (Å²) in [5.41, 5.74) is 0. The number of ether oxygens (including phenoxy) is 3. The van der Waals surface area contributed by atoms with Crippen molar-refractivity contribution in [2.75, 3.05) is 13.2 Å². The lowest BCUT2D eigenvalue weighted by atomic mass is 9.99. The van der Waals surface area contributed by atoms with Crippen LogP contribution in [-0.2, 0) is 28.6 Å². The van der Waals surface area contributed by atoms with Crippen molar-refractivity contribution < 1.29 is 28.6 Å². The van der Waals surface area contributed by atoms with Gasteiger partial charge in [0.2, 0.25) is 0 Å². The summed E-state index contributed by atoms with van der Waals surface area (Å²) in [4.78, 5) is 37.9. The third-order valence-electron chi connectivity index (χ3n) is 12.5. The Morgan fingerprint density at radius 1 is 0.333 bits per heavy atom. The van der Waals surface area contributed by atoms with Crippen molar-refractivity contribution in [1.82, 2.24) is 0 Å². The average molecular weight is 849 g/mol. The van der Waals surface area contributed by atoms with E-state index in [0.29, 0.717) is 19.3 Å². The van der Waals surface area contributed by atoms with E-state index in [1.54, 1.807) is 0 Å². The van der Waals surface area contributed by atoms with E-state index >= 15 is 0 Å². The summed E-state index contributed by atoms with van der Waals surface area (Å²) in [5, 5.41) is 0. The molecule has 0 radical (unpaired) electrons. The molecule has 0 saturated heterocycles. The zero-order valence-corrected chi connectivity index (χ0v) is 41.3. The van der Waals surface area contributed by atoms with Gasteiger partial charge in [-0.1, -0.05) is 253 Å². The Kier molecular flexibility index (Phi) is 44.2. The number of carbonyl (C=O) groups excluding carboxylic acids is 3. The minimum Gasteiger partial charge on any atom is -0.462 e. The van der Waals surface area contributed by atoms with E-state index in [1.807, 2.05) is 0 Å². The Bertz CT molecular complexity index is 931. The van der Waals surface area contributed by atoms with Crippen molar-refractivity contribution in [2.45, 2.75) is 298 Å². The molecule has 0 rings (SSSR count). The van der Waals surface area contributed by atoms with Crippen LogP contribution in [0.5, 0.6) is 0 Å². The van der Waals surface area contributed by atoms with Gasteiger partial charge in [0.05, 0.1) is 0 Å². The van der Waals surface area contributed by atoms with Gasteiger partial charge < -0.3 is 14.2 Å². The van der Waals surface area contributed by atoms with Gasteiger partial charge in [0.1, 0.15) is 13.2 Å². The molecular formula is C54H104O6. The lowest BCUT2D eigenvalue weighted by Crippen LogP contribution is -2.30. The molecule has 0 spiro atoms. The van der Waals surface area contributed by atoms with E-state index in [2.05, 4.69) is 41.5 Å². The Hall–Kier alpha value is -1.59. The molecule has 356 valence electrons. The van der Waals surface area contributed by atoms with Crippen LogP contribution in [0, 0.1) is 17.8 Å². The molecule has 0 aromatic heterocycles. The van der Waals surface area contributed by atoms with E-state index in [1.165, 1.54) is 173 Å². The van der Waals surface area contributed by atoms with Gasteiger partial charge in [-0.25, -0.2) is 0 Å². The molecule has 2 atom stereocenters. The van der Waals surface area contributed by atoms with Crippen LogP contribution in [-0.4, -0.2) is 37.2 Å². The Labute approximate surface area is 374 Å². The van der Waals surface area contributed by atoms with Gasteiger partial charge in [0, 0.05) is 19.3 Å². The lowest BCUT2D eigenvalue weighted by molar-refractivity contribution is -0.167. The molecule has 0 aliphatic heterocycles. The van der Waals surface area contributed by atoms with Crippen LogP contribution in [0.1, 0.15) is 292 Å². The van der Waals surface area contributed by atoms with E-state index in [0.717, 1.165) is 75.5 Å².